The summed E-state index contributed by atoms with van der Waals surface area (Å²) in [6.07, 6.45) is 8.41. The summed E-state index contributed by atoms with van der Waals surface area (Å²) >= 11 is 0. The van der Waals surface area contributed by atoms with E-state index in [-0.39, 0.29) is 5.56 Å². The maximum Gasteiger partial charge on any atom is 0.336 e. The molecule has 5 rings (SSSR count). The van der Waals surface area contributed by atoms with Crippen LogP contribution in [0.3, 0.4) is 0 Å². The standard InChI is InChI=1S/C28H30N5O2/c1-3-5-15-30-19-32(24-13-9-7-11-22(24)30)26-17-21(28(34)35)18-27(29-26)33-20-31(16-6-4-2)23-12-8-10-14-25(23)33/h7-14,17-20H,3-6,15-16H2,1-2H3/q+1/p+1. The number of carbonyl (C=O) groups is 1. The molecule has 0 bridgehead atoms. The molecule has 35 heavy (non-hydrogen) atoms. The molecule has 0 saturated heterocycles. The Hall–Kier alpha value is -4.00. The van der Waals surface area contributed by atoms with Gasteiger partial charge in [-0.25, -0.2) is 13.9 Å². The summed E-state index contributed by atoms with van der Waals surface area (Å²) in [5.41, 5.74) is 4.42. The lowest BCUT2D eigenvalue weighted by Crippen LogP contribution is -2.32. The van der Waals surface area contributed by atoms with Crippen LogP contribution < -0.4 is 9.13 Å². The molecule has 7 heteroatoms. The molecule has 5 aromatic rings. The van der Waals surface area contributed by atoms with E-state index in [1.165, 1.54) is 0 Å². The van der Waals surface area contributed by atoms with Crippen molar-refractivity contribution in [2.45, 2.75) is 52.6 Å². The summed E-state index contributed by atoms with van der Waals surface area (Å²) < 4.78 is 8.43. The van der Waals surface area contributed by atoms with Gasteiger partial charge < -0.3 is 5.11 Å². The minimum atomic E-state index is -0.972. The number of para-hydroxylation sites is 4. The van der Waals surface area contributed by atoms with Crippen LogP contribution in [0.4, 0.5) is 0 Å². The Morgan fingerprint density at radius 3 is 1.69 bits per heavy atom. The zero-order valence-corrected chi connectivity index (χ0v) is 20.3. The molecule has 0 aliphatic carbocycles. The fourth-order valence-electron chi connectivity index (χ4n) is 4.60. The lowest BCUT2D eigenvalue weighted by atomic mass is 10.2. The molecule has 0 amide bonds. The second-order valence-electron chi connectivity index (χ2n) is 8.92. The highest BCUT2D eigenvalue weighted by Crippen LogP contribution is 2.22. The first kappa shape index (κ1) is 22.8. The number of benzene rings is 2. The number of carboxylic acid groups (broad SMARTS) is 1. The number of carboxylic acids is 1. The molecule has 1 N–H and O–H groups in total. The molecule has 0 saturated carbocycles. The Balaban J connectivity index is 1.71. The molecular formula is C28H31N5O2+2. The lowest BCUT2D eigenvalue weighted by molar-refractivity contribution is -0.672. The highest BCUT2D eigenvalue weighted by Gasteiger charge is 2.24. The molecule has 0 fully saturated rings. The van der Waals surface area contributed by atoms with Crippen molar-refractivity contribution < 1.29 is 19.0 Å². The molecule has 0 atom stereocenters. The fourth-order valence-corrected chi connectivity index (χ4v) is 4.60. The van der Waals surface area contributed by atoms with Crippen molar-refractivity contribution in [3.8, 4) is 11.6 Å². The predicted molar refractivity (Wildman–Crippen MR) is 135 cm³/mol. The number of aromatic nitrogens is 5. The SMILES string of the molecule is CCCC[n+]1cn(-c2cc(C(=O)O)cc(-n3c[n+](CCCC)c4ccccc43)n2)c2ccccc21. The molecule has 3 heterocycles. The molecule has 0 unspecified atom stereocenters. The van der Waals surface area contributed by atoms with E-state index < -0.39 is 5.97 Å². The van der Waals surface area contributed by atoms with E-state index in [9.17, 15) is 9.90 Å². The van der Waals surface area contributed by atoms with Crippen LogP contribution in [0.2, 0.25) is 0 Å². The highest BCUT2D eigenvalue weighted by atomic mass is 16.4. The summed E-state index contributed by atoms with van der Waals surface area (Å²) in [5.74, 6) is 0.203. The third-order valence-corrected chi connectivity index (χ3v) is 6.46. The van der Waals surface area contributed by atoms with E-state index in [4.69, 9.17) is 4.98 Å². The topological polar surface area (TPSA) is 67.8 Å². The maximum atomic E-state index is 12.1. The van der Waals surface area contributed by atoms with E-state index in [2.05, 4.69) is 47.2 Å². The lowest BCUT2D eigenvalue weighted by Gasteiger charge is -2.03. The van der Waals surface area contributed by atoms with Gasteiger partial charge in [-0.3, -0.25) is 0 Å². The van der Waals surface area contributed by atoms with Crippen molar-refractivity contribution in [2.24, 2.45) is 0 Å². The largest absolute Gasteiger partial charge is 0.478 e. The average Bonchev–Trinajstić information content (AvgIpc) is 3.45. The van der Waals surface area contributed by atoms with Crippen LogP contribution in [0.15, 0.2) is 73.3 Å². The predicted octanol–water partition coefficient (Wildman–Crippen LogP) is 4.84. The van der Waals surface area contributed by atoms with Gasteiger partial charge in [0.15, 0.2) is 22.1 Å². The normalized spacial score (nSPS) is 11.5. The van der Waals surface area contributed by atoms with E-state index in [1.54, 1.807) is 12.1 Å². The van der Waals surface area contributed by atoms with Gasteiger partial charge in [0.05, 0.1) is 18.7 Å². The second-order valence-corrected chi connectivity index (χ2v) is 8.92. The van der Waals surface area contributed by atoms with Gasteiger partial charge in [-0.05, 0) is 37.1 Å². The number of rotatable bonds is 9. The Labute approximate surface area is 204 Å². The number of aryl methyl sites for hydroxylation is 2. The van der Waals surface area contributed by atoms with Crippen LogP contribution in [0.5, 0.6) is 0 Å². The minimum absolute atomic E-state index is 0.209. The second kappa shape index (κ2) is 9.70. The summed E-state index contributed by atoms with van der Waals surface area (Å²) in [6.45, 7) is 6.15. The van der Waals surface area contributed by atoms with Crippen LogP contribution in [-0.4, -0.2) is 25.2 Å². The van der Waals surface area contributed by atoms with Crippen molar-refractivity contribution in [1.82, 2.24) is 14.1 Å². The van der Waals surface area contributed by atoms with Crippen LogP contribution in [0.1, 0.15) is 49.9 Å². The van der Waals surface area contributed by atoms with Crippen LogP contribution in [-0.2, 0) is 13.1 Å². The molecular weight excluding hydrogens is 438 g/mol. The average molecular weight is 470 g/mol. The van der Waals surface area contributed by atoms with Crippen molar-refractivity contribution >= 4 is 28.0 Å². The van der Waals surface area contributed by atoms with E-state index in [0.717, 1.165) is 60.8 Å². The maximum absolute atomic E-state index is 12.1. The first-order valence-electron chi connectivity index (χ1n) is 12.4. The van der Waals surface area contributed by atoms with Crippen LogP contribution >= 0.6 is 0 Å². The van der Waals surface area contributed by atoms with Gasteiger partial charge in [0.1, 0.15) is 0 Å². The Morgan fingerprint density at radius 2 is 1.26 bits per heavy atom. The van der Waals surface area contributed by atoms with Crippen molar-refractivity contribution in [1.29, 1.82) is 0 Å². The van der Waals surface area contributed by atoms with E-state index in [0.29, 0.717) is 11.6 Å². The third-order valence-electron chi connectivity index (χ3n) is 6.46. The Morgan fingerprint density at radius 1 is 0.800 bits per heavy atom. The van der Waals surface area contributed by atoms with Gasteiger partial charge in [0.25, 0.3) is 12.7 Å². The number of fused-ring (bicyclic) bond motifs is 2. The van der Waals surface area contributed by atoms with Crippen LogP contribution in [0, 0.1) is 0 Å². The Kier molecular flexibility index (Phi) is 6.31. The first-order valence-corrected chi connectivity index (χ1v) is 12.4. The molecule has 0 aliphatic heterocycles. The number of pyridine rings is 1. The van der Waals surface area contributed by atoms with Crippen LogP contribution in [0.25, 0.3) is 33.7 Å². The molecule has 178 valence electrons. The highest BCUT2D eigenvalue weighted by molar-refractivity contribution is 5.89. The van der Waals surface area contributed by atoms with Gasteiger partial charge in [-0.15, -0.1) is 0 Å². The molecule has 0 spiro atoms. The zero-order valence-electron chi connectivity index (χ0n) is 20.3. The molecule has 7 nitrogen and oxygen atoms in total. The molecule has 0 radical (unpaired) electrons. The number of imidazole rings is 2. The summed E-state index contributed by atoms with van der Waals surface area (Å²) in [4.78, 5) is 17.1. The summed E-state index contributed by atoms with van der Waals surface area (Å²) in [7, 11) is 0. The molecule has 2 aromatic carbocycles. The van der Waals surface area contributed by atoms with Gasteiger partial charge in [-0.1, -0.05) is 51.0 Å². The number of hydrogen-bond acceptors (Lipinski definition) is 2. The van der Waals surface area contributed by atoms with Crippen molar-refractivity contribution in [3.05, 3.63) is 78.9 Å². The van der Waals surface area contributed by atoms with Gasteiger partial charge in [0, 0.05) is 12.1 Å². The quantitative estimate of drug-likeness (QED) is 0.314. The van der Waals surface area contributed by atoms with Gasteiger partial charge in [0.2, 0.25) is 11.6 Å². The number of unbranched alkanes of at least 4 members (excludes halogenated alkanes) is 2. The van der Waals surface area contributed by atoms with E-state index in [1.807, 2.05) is 46.1 Å². The van der Waals surface area contributed by atoms with Gasteiger partial charge >= 0.3 is 5.97 Å². The monoisotopic (exact) mass is 469 g/mol. The summed E-state index contributed by atoms with van der Waals surface area (Å²) in [6, 6.07) is 19.7. The summed E-state index contributed by atoms with van der Waals surface area (Å²) in [5, 5.41) is 9.94. The number of nitrogens with zero attached hydrogens (tertiary/aromatic N) is 5. The smallest absolute Gasteiger partial charge is 0.336 e. The van der Waals surface area contributed by atoms with Crippen molar-refractivity contribution in [2.75, 3.05) is 0 Å². The minimum Gasteiger partial charge on any atom is -0.478 e. The van der Waals surface area contributed by atoms with Crippen molar-refractivity contribution in [3.63, 3.8) is 0 Å². The van der Waals surface area contributed by atoms with E-state index >= 15 is 0 Å². The molecule has 3 aromatic heterocycles. The van der Waals surface area contributed by atoms with Gasteiger partial charge in [-0.2, -0.15) is 14.1 Å². The third kappa shape index (κ3) is 4.30. The number of aromatic carboxylic acids is 1. The number of hydrogen-bond donors (Lipinski definition) is 1. The zero-order chi connectivity index (χ0) is 24.4. The first-order chi connectivity index (χ1) is 17.1. The molecule has 0 aliphatic rings. The Bertz CT molecular complexity index is 1410. The fraction of sp³-hybridized carbons (Fsp3) is 0.286.